The summed E-state index contributed by atoms with van der Waals surface area (Å²) in [5, 5.41) is 13.7. The Balaban J connectivity index is 0.000000107. The lowest BCUT2D eigenvalue weighted by Crippen LogP contribution is -2.15. The summed E-state index contributed by atoms with van der Waals surface area (Å²) in [4.78, 5) is 30.7. The molecular weight excluding hydrogens is 1630 g/mol. The minimum atomic E-state index is -0.0910. The largest absolute Gasteiger partial charge is 0.456 e. The average molecular weight is 1710 g/mol. The van der Waals surface area contributed by atoms with E-state index in [1.54, 1.807) is 0 Å². The van der Waals surface area contributed by atoms with E-state index in [0.29, 0.717) is 0 Å². The van der Waals surface area contributed by atoms with E-state index in [1.165, 1.54) is 77.2 Å². The van der Waals surface area contributed by atoms with Crippen LogP contribution in [0.15, 0.2) is 462 Å². The third-order valence-electron chi connectivity index (χ3n) is 26.7. The van der Waals surface area contributed by atoms with Crippen LogP contribution in [0, 0.1) is 0 Å². The van der Waals surface area contributed by atoms with Crippen LogP contribution in [0.3, 0.4) is 0 Å². The van der Waals surface area contributed by atoms with E-state index < -0.39 is 0 Å². The van der Waals surface area contributed by atoms with Gasteiger partial charge in [-0.05, 0) is 178 Å². The zero-order valence-electron chi connectivity index (χ0n) is 73.1. The highest BCUT2D eigenvalue weighted by Gasteiger charge is 2.36. The van der Waals surface area contributed by atoms with Gasteiger partial charge in [0.2, 0.25) is 0 Å². The van der Waals surface area contributed by atoms with Gasteiger partial charge < -0.3 is 13.3 Å². The number of para-hydroxylation sites is 5. The molecule has 134 heavy (non-hydrogen) atoms. The number of benzene rings is 20. The molecule has 26 aromatic rings. The Hall–Kier alpha value is -17.7. The van der Waals surface area contributed by atoms with Gasteiger partial charge >= 0.3 is 0 Å². The molecule has 628 valence electrons. The Kier molecular flexibility index (Phi) is 19.1. The number of nitrogens with zero attached hydrogens (tertiary/aromatic N) is 6. The monoisotopic (exact) mass is 1710 g/mol. The molecule has 0 saturated heterocycles. The van der Waals surface area contributed by atoms with Crippen LogP contribution in [0.1, 0.15) is 25.0 Å². The molecule has 1 aliphatic rings. The van der Waals surface area contributed by atoms with E-state index in [4.69, 9.17) is 43.2 Å². The maximum Gasteiger partial charge on any atom is 0.160 e. The van der Waals surface area contributed by atoms with Crippen LogP contribution in [0.4, 0.5) is 0 Å². The van der Waals surface area contributed by atoms with Crippen molar-refractivity contribution in [3.05, 3.63) is 460 Å². The molecule has 1 aliphatic carbocycles. The van der Waals surface area contributed by atoms with Crippen LogP contribution in [0.5, 0.6) is 0 Å². The summed E-state index contributed by atoms with van der Waals surface area (Å²) in [5.41, 5.74) is 35.8. The Bertz CT molecular complexity index is 9160. The minimum Gasteiger partial charge on any atom is -0.456 e. The molecule has 0 unspecified atom stereocenters. The SMILES string of the molecule is CC1(C)c2ccccc2-c2ccc(-c3nc4ccccc4nc3-c3ccc(-c4cccc5oc6ccccc6c45)cc3)cc21.c1ccc(-c2nc(-c3ccccc3)c3cc(-c4ccc(-c5cccc6oc7ccccc7c56)c5ccccc45)ccc3n2)cc1.c1ccc(-c2nc(-c3ccccc3)c3ccc(-c4ccc(-c5cccc6oc7ccccc7c56)c5ccccc45)cc3n2)cc1. The molecule has 0 fully saturated rings. The Morgan fingerprint density at radius 3 is 1.03 bits per heavy atom. The van der Waals surface area contributed by atoms with Gasteiger partial charge in [0.05, 0.1) is 44.8 Å². The van der Waals surface area contributed by atoms with E-state index in [-0.39, 0.29) is 5.41 Å². The first-order chi connectivity index (χ1) is 66.2. The Morgan fingerprint density at radius 2 is 0.507 bits per heavy atom. The van der Waals surface area contributed by atoms with E-state index in [9.17, 15) is 0 Å². The maximum absolute atomic E-state index is 6.23. The lowest BCUT2D eigenvalue weighted by atomic mass is 9.81. The summed E-state index contributed by atoms with van der Waals surface area (Å²) in [6.07, 6.45) is 0. The van der Waals surface area contributed by atoms with E-state index in [0.717, 1.165) is 189 Å². The summed E-state index contributed by atoms with van der Waals surface area (Å²) in [5.74, 6) is 1.45. The zero-order valence-corrected chi connectivity index (χ0v) is 73.1. The van der Waals surface area contributed by atoms with Crippen LogP contribution >= 0.6 is 0 Å². The number of hydrogen-bond acceptors (Lipinski definition) is 9. The topological polar surface area (TPSA) is 117 Å². The van der Waals surface area contributed by atoms with E-state index in [2.05, 4.69) is 347 Å². The van der Waals surface area contributed by atoms with Gasteiger partial charge in [0.1, 0.15) is 33.5 Å². The van der Waals surface area contributed by atoms with Crippen molar-refractivity contribution >= 4 is 120 Å². The Morgan fingerprint density at radius 1 is 0.164 bits per heavy atom. The molecule has 27 rings (SSSR count). The zero-order chi connectivity index (χ0) is 88.9. The maximum atomic E-state index is 6.23. The number of rotatable bonds is 11. The normalized spacial score (nSPS) is 12.2. The standard InChI is InChI=1S/2C42H26N2O.C41H28N2O/c1-3-12-27(13-4-1)41-36-26-29(22-25-37(36)43-42(44-41)28-14-5-2-6-15-28)30-23-24-33(32-17-8-7-16-31(30)32)34-19-11-21-39-40(34)35-18-9-10-20-38(35)45-39;1-3-12-27(13-4-1)41-35-23-22-29(26-37(35)43-42(44-41)28-14-5-2-6-15-28)30-24-25-33(32-17-8-7-16-31(30)32)34-19-11-21-39-40(34)36-18-9-10-20-38(36)45-39;1-41(2)32-13-5-3-10-29(32)30-23-22-27(24-33(30)41)40-39(42-34-14-6-7-15-35(34)43-40)26-20-18-25(19-21-26)28-12-9-17-37-38(28)31-11-4-8-16-36(31)44-37/h2*1-26H;3-24H,1-2H3. The van der Waals surface area contributed by atoms with Gasteiger partial charge in [-0.25, -0.2) is 29.9 Å². The van der Waals surface area contributed by atoms with Crippen LogP contribution < -0.4 is 0 Å². The molecule has 6 heterocycles. The predicted octanol–water partition coefficient (Wildman–Crippen LogP) is 33.5. The summed E-state index contributed by atoms with van der Waals surface area (Å²) < 4.78 is 18.6. The molecule has 0 amide bonds. The van der Waals surface area contributed by atoms with Gasteiger partial charge in [0.25, 0.3) is 0 Å². The molecule has 9 heteroatoms. The smallest absolute Gasteiger partial charge is 0.160 e. The van der Waals surface area contributed by atoms with Gasteiger partial charge in [-0.3, -0.25) is 0 Å². The fourth-order valence-electron chi connectivity index (χ4n) is 20.3. The second kappa shape index (κ2) is 32.5. The molecule has 0 radical (unpaired) electrons. The van der Waals surface area contributed by atoms with Gasteiger partial charge in [0, 0.05) is 81.9 Å². The molecule has 0 bridgehead atoms. The van der Waals surface area contributed by atoms with E-state index >= 15 is 0 Å². The quantitative estimate of drug-likeness (QED) is 0.125. The lowest BCUT2D eigenvalue weighted by Gasteiger charge is -2.22. The summed E-state index contributed by atoms with van der Waals surface area (Å²) in [6.45, 7) is 4.63. The van der Waals surface area contributed by atoms with E-state index in [1.807, 2.05) is 115 Å². The molecule has 0 N–H and O–H groups in total. The minimum absolute atomic E-state index is 0.0910. The van der Waals surface area contributed by atoms with Gasteiger partial charge in [-0.2, -0.15) is 0 Å². The van der Waals surface area contributed by atoms with Crippen LogP contribution in [-0.4, -0.2) is 29.9 Å². The van der Waals surface area contributed by atoms with Crippen molar-refractivity contribution in [2.75, 3.05) is 0 Å². The summed E-state index contributed by atoms with van der Waals surface area (Å²) in [6, 6.07) is 157. The van der Waals surface area contributed by atoms with Crippen molar-refractivity contribution in [2.24, 2.45) is 0 Å². The molecule has 6 aromatic heterocycles. The highest BCUT2D eigenvalue weighted by molar-refractivity contribution is 6.19. The van der Waals surface area contributed by atoms with Crippen molar-refractivity contribution in [3.8, 4) is 135 Å². The molecular formula is C125H80N6O3. The van der Waals surface area contributed by atoms with Gasteiger partial charge in [-0.15, -0.1) is 0 Å². The summed E-state index contributed by atoms with van der Waals surface area (Å²) in [7, 11) is 0. The van der Waals surface area contributed by atoms with Crippen molar-refractivity contribution in [1.82, 2.24) is 29.9 Å². The molecule has 0 atom stereocenters. The first-order valence-corrected chi connectivity index (χ1v) is 45.4. The average Bonchev–Trinajstić information content (AvgIpc) is 1.55. The lowest BCUT2D eigenvalue weighted by molar-refractivity contribution is 0.660. The number of hydrogen-bond donors (Lipinski definition) is 0. The summed E-state index contributed by atoms with van der Waals surface area (Å²) >= 11 is 0. The highest BCUT2D eigenvalue weighted by atomic mass is 16.3. The first-order valence-electron chi connectivity index (χ1n) is 45.4. The van der Waals surface area contributed by atoms with Crippen molar-refractivity contribution < 1.29 is 13.3 Å². The third-order valence-corrected chi connectivity index (χ3v) is 26.7. The van der Waals surface area contributed by atoms with Crippen LogP contribution in [-0.2, 0) is 5.41 Å². The fourth-order valence-corrected chi connectivity index (χ4v) is 20.3. The Labute approximate surface area is 772 Å². The second-order valence-corrected chi connectivity index (χ2v) is 34.9. The van der Waals surface area contributed by atoms with Crippen LogP contribution in [0.25, 0.3) is 255 Å². The molecule has 20 aromatic carbocycles. The number of furan rings is 3. The molecule has 9 nitrogen and oxygen atoms in total. The van der Waals surface area contributed by atoms with Crippen molar-refractivity contribution in [3.63, 3.8) is 0 Å². The predicted molar refractivity (Wildman–Crippen MR) is 553 cm³/mol. The number of fused-ring (bicyclic) bond motifs is 17. The molecule has 0 aliphatic heterocycles. The van der Waals surface area contributed by atoms with Crippen LogP contribution in [0.2, 0.25) is 0 Å². The third kappa shape index (κ3) is 13.6. The number of aromatic nitrogens is 6. The second-order valence-electron chi connectivity index (χ2n) is 34.9. The fraction of sp³-hybridized carbons (Fsp3) is 0.0240. The van der Waals surface area contributed by atoms with Crippen molar-refractivity contribution in [1.29, 1.82) is 0 Å². The van der Waals surface area contributed by atoms with Gasteiger partial charge in [0.15, 0.2) is 11.6 Å². The molecule has 0 saturated carbocycles. The molecule has 0 spiro atoms. The van der Waals surface area contributed by atoms with Gasteiger partial charge in [-0.1, -0.05) is 384 Å². The highest BCUT2D eigenvalue weighted by Crippen LogP contribution is 2.52. The first kappa shape index (κ1) is 78.6. The van der Waals surface area contributed by atoms with Crippen molar-refractivity contribution in [2.45, 2.75) is 19.3 Å².